The van der Waals surface area contributed by atoms with Gasteiger partial charge in [0.05, 0.1) is 0 Å². The third kappa shape index (κ3) is 2.55. The van der Waals surface area contributed by atoms with Crippen molar-refractivity contribution in [3.05, 3.63) is 87.2 Å². The Morgan fingerprint density at radius 2 is 1.53 bits per heavy atom. The maximum absolute atomic E-state index is 12.8. The molecule has 0 bridgehead atoms. The van der Waals surface area contributed by atoms with Crippen LogP contribution in [-0.2, 0) is 27.7 Å². The Morgan fingerprint density at radius 3 is 2.30 bits per heavy atom. The fourth-order valence-corrected chi connectivity index (χ4v) is 4.10. The van der Waals surface area contributed by atoms with Gasteiger partial charge in [-0.05, 0) is 11.6 Å². The van der Waals surface area contributed by atoms with Crippen LogP contribution in [0, 0.1) is 0 Å². The number of aromatic nitrogens is 5. The summed E-state index contributed by atoms with van der Waals surface area (Å²) in [5.74, 6) is 0.659. The van der Waals surface area contributed by atoms with E-state index in [2.05, 4.69) is 35.0 Å². The second-order valence-corrected chi connectivity index (χ2v) is 7.55. The highest BCUT2D eigenvalue weighted by Gasteiger charge is 2.20. The molecule has 2 aromatic carbocycles. The minimum atomic E-state index is -0.386. The molecule has 0 unspecified atom stereocenters. The van der Waals surface area contributed by atoms with Crippen LogP contribution < -0.4 is 11.2 Å². The first-order valence-corrected chi connectivity index (χ1v) is 9.72. The van der Waals surface area contributed by atoms with Crippen LogP contribution in [0.25, 0.3) is 33.5 Å². The van der Waals surface area contributed by atoms with Gasteiger partial charge in [0.2, 0.25) is 0 Å². The fourth-order valence-electron chi connectivity index (χ4n) is 4.10. The lowest BCUT2D eigenvalue weighted by Gasteiger charge is -2.05. The Hall–Kier alpha value is -3.87. The highest BCUT2D eigenvalue weighted by atomic mass is 16.2. The van der Waals surface area contributed by atoms with Gasteiger partial charge in [0.15, 0.2) is 11.2 Å². The first-order valence-electron chi connectivity index (χ1n) is 9.72. The molecular formula is C23H21N5O2. The number of rotatable bonds is 3. The number of aryl methyl sites for hydroxylation is 2. The van der Waals surface area contributed by atoms with Crippen LogP contribution in [0.3, 0.4) is 0 Å². The lowest BCUT2D eigenvalue weighted by molar-refractivity contribution is 0.705. The molecular weight excluding hydrogens is 378 g/mol. The Labute approximate surface area is 172 Å². The molecule has 5 aromatic rings. The van der Waals surface area contributed by atoms with E-state index in [1.807, 2.05) is 37.4 Å². The van der Waals surface area contributed by atoms with Crippen molar-refractivity contribution < 1.29 is 0 Å². The Morgan fingerprint density at radius 1 is 0.833 bits per heavy atom. The summed E-state index contributed by atoms with van der Waals surface area (Å²) in [6, 6.07) is 18.4. The quantitative estimate of drug-likeness (QED) is 0.468. The van der Waals surface area contributed by atoms with Gasteiger partial charge in [0, 0.05) is 50.4 Å². The molecule has 0 saturated carbocycles. The average molecular weight is 399 g/mol. The normalized spacial score (nSPS) is 11.6. The van der Waals surface area contributed by atoms with Crippen LogP contribution in [0.5, 0.6) is 0 Å². The number of imidazole rings is 1. The predicted octanol–water partition coefficient (Wildman–Crippen LogP) is 2.64. The first kappa shape index (κ1) is 18.2. The van der Waals surface area contributed by atoms with Gasteiger partial charge >= 0.3 is 5.69 Å². The van der Waals surface area contributed by atoms with Crippen LogP contribution >= 0.6 is 0 Å². The first-order chi connectivity index (χ1) is 14.5. The van der Waals surface area contributed by atoms with E-state index in [9.17, 15) is 9.59 Å². The van der Waals surface area contributed by atoms with Crippen LogP contribution in [0.15, 0.2) is 70.4 Å². The third-order valence-corrected chi connectivity index (χ3v) is 5.70. The van der Waals surface area contributed by atoms with Gasteiger partial charge in [-0.3, -0.25) is 13.9 Å². The molecule has 0 spiro atoms. The van der Waals surface area contributed by atoms with Crippen molar-refractivity contribution in [1.29, 1.82) is 0 Å². The summed E-state index contributed by atoms with van der Waals surface area (Å²) >= 11 is 0. The number of para-hydroxylation sites is 1. The molecule has 0 aliphatic carbocycles. The third-order valence-electron chi connectivity index (χ3n) is 5.70. The number of hydrogen-bond donors (Lipinski definition) is 0. The van der Waals surface area contributed by atoms with Crippen molar-refractivity contribution in [2.24, 2.45) is 21.1 Å². The molecule has 0 aliphatic rings. The summed E-state index contributed by atoms with van der Waals surface area (Å²) in [5, 5.41) is 1.05. The van der Waals surface area contributed by atoms with E-state index in [0.29, 0.717) is 17.0 Å². The van der Waals surface area contributed by atoms with Crippen molar-refractivity contribution in [3.8, 4) is 11.4 Å². The van der Waals surface area contributed by atoms with Crippen LogP contribution in [0.4, 0.5) is 0 Å². The largest absolute Gasteiger partial charge is 0.342 e. The molecule has 3 aromatic heterocycles. The van der Waals surface area contributed by atoms with E-state index in [-0.39, 0.29) is 11.2 Å². The van der Waals surface area contributed by atoms with Crippen molar-refractivity contribution in [3.63, 3.8) is 0 Å². The molecule has 3 heterocycles. The van der Waals surface area contributed by atoms with E-state index in [4.69, 9.17) is 4.98 Å². The molecule has 0 amide bonds. The van der Waals surface area contributed by atoms with E-state index in [1.165, 1.54) is 17.2 Å². The van der Waals surface area contributed by atoms with Gasteiger partial charge in [-0.2, -0.15) is 0 Å². The van der Waals surface area contributed by atoms with Crippen LogP contribution in [0.1, 0.15) is 5.56 Å². The summed E-state index contributed by atoms with van der Waals surface area (Å²) in [7, 11) is 4.95. The molecule has 0 saturated heterocycles. The fraction of sp³-hybridized carbons (Fsp3) is 0.174. The molecule has 30 heavy (non-hydrogen) atoms. The summed E-state index contributed by atoms with van der Waals surface area (Å²) < 4.78 is 6.51. The van der Waals surface area contributed by atoms with Crippen molar-refractivity contribution in [1.82, 2.24) is 23.3 Å². The minimum absolute atomic E-state index is 0.345. The molecule has 0 fully saturated rings. The Balaban J connectivity index is 1.79. The zero-order valence-electron chi connectivity index (χ0n) is 17.0. The standard InChI is InChI=1S/C23H21N5O2/c1-25-19-21(26(2)23(30)27(3)22(19)29)24-20(25)17-14-28(13-15-9-5-4-6-10-15)18-12-8-7-11-16(17)18/h4-12,14H,13H2,1-3H3. The van der Waals surface area contributed by atoms with E-state index in [0.717, 1.165) is 27.6 Å². The van der Waals surface area contributed by atoms with Crippen molar-refractivity contribution >= 4 is 22.1 Å². The zero-order chi connectivity index (χ0) is 21.0. The van der Waals surface area contributed by atoms with Gasteiger partial charge in [0.25, 0.3) is 5.56 Å². The second-order valence-electron chi connectivity index (χ2n) is 7.55. The summed E-state index contributed by atoms with van der Waals surface area (Å²) in [4.78, 5) is 29.8. The van der Waals surface area contributed by atoms with E-state index >= 15 is 0 Å². The monoisotopic (exact) mass is 399 g/mol. The van der Waals surface area contributed by atoms with Crippen molar-refractivity contribution in [2.45, 2.75) is 6.54 Å². The van der Waals surface area contributed by atoms with E-state index in [1.54, 1.807) is 11.6 Å². The smallest absolute Gasteiger partial charge is 0.332 e. The highest BCUT2D eigenvalue weighted by Crippen LogP contribution is 2.31. The van der Waals surface area contributed by atoms with E-state index < -0.39 is 0 Å². The number of nitrogens with zero attached hydrogens (tertiary/aromatic N) is 5. The van der Waals surface area contributed by atoms with Crippen LogP contribution in [-0.4, -0.2) is 23.3 Å². The predicted molar refractivity (Wildman–Crippen MR) is 118 cm³/mol. The summed E-state index contributed by atoms with van der Waals surface area (Å²) in [6.45, 7) is 0.728. The van der Waals surface area contributed by atoms with Gasteiger partial charge in [-0.1, -0.05) is 48.5 Å². The highest BCUT2D eigenvalue weighted by molar-refractivity contribution is 5.96. The molecule has 150 valence electrons. The lowest BCUT2D eigenvalue weighted by Crippen LogP contribution is -2.37. The minimum Gasteiger partial charge on any atom is -0.342 e. The maximum atomic E-state index is 12.8. The van der Waals surface area contributed by atoms with Gasteiger partial charge < -0.3 is 9.13 Å². The number of hydrogen-bond acceptors (Lipinski definition) is 3. The number of fused-ring (bicyclic) bond motifs is 2. The van der Waals surface area contributed by atoms with Crippen molar-refractivity contribution in [2.75, 3.05) is 0 Å². The second kappa shape index (κ2) is 6.59. The average Bonchev–Trinajstić information content (AvgIpc) is 3.29. The van der Waals surface area contributed by atoms with Gasteiger partial charge in [0.1, 0.15) is 5.82 Å². The zero-order valence-corrected chi connectivity index (χ0v) is 17.0. The lowest BCUT2D eigenvalue weighted by atomic mass is 10.1. The summed E-state index contributed by atoms with van der Waals surface area (Å²) in [6.07, 6.45) is 2.07. The SMILES string of the molecule is Cn1c(=O)c2c(nc(-c3cn(Cc4ccccc4)c4ccccc34)n2C)n(C)c1=O. The number of benzene rings is 2. The van der Waals surface area contributed by atoms with Gasteiger partial charge in [-0.15, -0.1) is 0 Å². The molecule has 7 nitrogen and oxygen atoms in total. The molecule has 5 rings (SSSR count). The molecule has 7 heteroatoms. The molecule has 0 radical (unpaired) electrons. The maximum Gasteiger partial charge on any atom is 0.332 e. The summed E-state index contributed by atoms with van der Waals surface area (Å²) in [5.41, 5.74) is 3.28. The molecule has 0 atom stereocenters. The molecule has 0 aliphatic heterocycles. The van der Waals surface area contributed by atoms with Crippen LogP contribution in [0.2, 0.25) is 0 Å². The Kier molecular flexibility index (Phi) is 3.99. The molecule has 0 N–H and O–H groups in total. The topological polar surface area (TPSA) is 66.8 Å². The van der Waals surface area contributed by atoms with Gasteiger partial charge in [-0.25, -0.2) is 9.78 Å². The Bertz CT molecular complexity index is 1530.